The van der Waals surface area contributed by atoms with Gasteiger partial charge in [-0.05, 0) is 38.0 Å². The molecule has 0 N–H and O–H groups in total. The number of halogens is 1. The molecule has 0 spiro atoms. The first-order chi connectivity index (χ1) is 16.4. The van der Waals surface area contributed by atoms with Crippen LogP contribution in [0.25, 0.3) is 10.9 Å². The third kappa shape index (κ3) is 4.17. The molecule has 0 atom stereocenters. The molecule has 34 heavy (non-hydrogen) atoms. The molecule has 1 aromatic heterocycles. The zero-order valence-electron chi connectivity index (χ0n) is 20.2. The van der Waals surface area contributed by atoms with Gasteiger partial charge in [0.25, 0.3) is 0 Å². The van der Waals surface area contributed by atoms with Crippen molar-refractivity contribution in [2.24, 2.45) is 0 Å². The summed E-state index contributed by atoms with van der Waals surface area (Å²) < 4.78 is 16.7. The van der Waals surface area contributed by atoms with Crippen LogP contribution in [-0.4, -0.2) is 62.4 Å². The Morgan fingerprint density at radius 3 is 2.12 bits per heavy atom. The molecule has 0 radical (unpaired) electrons. The Morgan fingerprint density at radius 2 is 1.47 bits per heavy atom. The normalized spacial score (nSPS) is 22.4. The van der Waals surface area contributed by atoms with Gasteiger partial charge in [-0.25, -0.2) is 9.97 Å². The highest BCUT2D eigenvalue weighted by Crippen LogP contribution is 2.48. The highest BCUT2D eigenvalue weighted by Gasteiger charge is 2.41. The number of ether oxygens (including phenoxy) is 3. The summed E-state index contributed by atoms with van der Waals surface area (Å²) in [5, 5.41) is 0.972. The lowest BCUT2D eigenvalue weighted by atomic mass is 9.75. The Morgan fingerprint density at radius 1 is 0.853 bits per heavy atom. The number of alkyl halides is 1. The van der Waals surface area contributed by atoms with E-state index in [0.717, 1.165) is 73.0 Å². The molecule has 1 aliphatic carbocycles. The van der Waals surface area contributed by atoms with E-state index in [1.165, 1.54) is 0 Å². The molecule has 3 aromatic rings. The summed E-state index contributed by atoms with van der Waals surface area (Å²) >= 11 is 6.52. The largest absolute Gasteiger partial charge is 0.495 e. The Labute approximate surface area is 205 Å². The fraction of sp³-hybridized carbons (Fsp3) is 0.462. The van der Waals surface area contributed by atoms with Crippen molar-refractivity contribution in [3.05, 3.63) is 42.2 Å². The van der Waals surface area contributed by atoms with E-state index in [-0.39, 0.29) is 10.8 Å². The number of piperazine rings is 1. The number of methoxy groups -OCH3 is 3. The summed E-state index contributed by atoms with van der Waals surface area (Å²) in [5.74, 6) is 4.33. The second-order valence-electron chi connectivity index (χ2n) is 9.29. The molecule has 180 valence electrons. The second-order valence-corrected chi connectivity index (χ2v) is 10.2. The van der Waals surface area contributed by atoms with Crippen molar-refractivity contribution in [1.82, 2.24) is 9.97 Å². The highest BCUT2D eigenvalue weighted by atomic mass is 35.5. The van der Waals surface area contributed by atoms with Crippen molar-refractivity contribution < 1.29 is 14.2 Å². The van der Waals surface area contributed by atoms with Gasteiger partial charge in [0.1, 0.15) is 17.4 Å². The van der Waals surface area contributed by atoms with Crippen molar-refractivity contribution in [3.63, 3.8) is 0 Å². The first-order valence-corrected chi connectivity index (χ1v) is 12.1. The molecule has 1 saturated carbocycles. The molecule has 2 aromatic carbocycles. The van der Waals surface area contributed by atoms with Gasteiger partial charge in [-0.2, -0.15) is 0 Å². The van der Waals surface area contributed by atoms with Gasteiger partial charge < -0.3 is 24.0 Å². The maximum atomic E-state index is 6.52. The Hall–Kier alpha value is -2.93. The van der Waals surface area contributed by atoms with Crippen LogP contribution in [0.1, 0.15) is 31.5 Å². The Balaban J connectivity index is 1.49. The van der Waals surface area contributed by atoms with Crippen molar-refractivity contribution in [1.29, 1.82) is 0 Å². The van der Waals surface area contributed by atoms with Crippen LogP contribution in [0.5, 0.6) is 17.2 Å². The number of hydrogen-bond donors (Lipinski definition) is 0. The fourth-order valence-electron chi connectivity index (χ4n) is 5.08. The molecular formula is C26H31ClN4O3. The zero-order valence-corrected chi connectivity index (χ0v) is 20.9. The van der Waals surface area contributed by atoms with Crippen molar-refractivity contribution >= 4 is 34.0 Å². The van der Waals surface area contributed by atoms with Gasteiger partial charge in [-0.1, -0.05) is 12.1 Å². The van der Waals surface area contributed by atoms with Crippen LogP contribution in [-0.2, 0) is 0 Å². The summed E-state index contributed by atoms with van der Waals surface area (Å²) in [4.78, 5) is 14.6. The summed E-state index contributed by atoms with van der Waals surface area (Å²) in [5.41, 5.74) is 1.99. The minimum Gasteiger partial charge on any atom is -0.495 e. The molecule has 2 heterocycles. The summed E-state index contributed by atoms with van der Waals surface area (Å²) in [6, 6.07) is 12.1. The van der Waals surface area contributed by atoms with Gasteiger partial charge in [0.15, 0.2) is 11.5 Å². The SMILES string of the molecule is COc1cc2nc([C@H]3C[C@@](C)(Cl)C3)nc(N3CCN(c4ccccc4OC)CC3)c2cc1OC. The van der Waals surface area contributed by atoms with Crippen LogP contribution in [0.2, 0.25) is 0 Å². The number of anilines is 2. The minimum absolute atomic E-state index is 0.166. The number of benzene rings is 2. The van der Waals surface area contributed by atoms with Crippen LogP contribution in [0.15, 0.2) is 36.4 Å². The monoisotopic (exact) mass is 482 g/mol. The van der Waals surface area contributed by atoms with E-state index >= 15 is 0 Å². The van der Waals surface area contributed by atoms with Crippen LogP contribution in [0.3, 0.4) is 0 Å². The van der Waals surface area contributed by atoms with E-state index in [1.54, 1.807) is 21.3 Å². The van der Waals surface area contributed by atoms with Crippen molar-refractivity contribution in [3.8, 4) is 17.2 Å². The lowest BCUT2D eigenvalue weighted by Crippen LogP contribution is -2.47. The Kier molecular flexibility index (Phi) is 6.06. The molecule has 2 fully saturated rings. The van der Waals surface area contributed by atoms with Gasteiger partial charge in [0.05, 0.1) is 32.5 Å². The number of para-hydroxylation sites is 2. The van der Waals surface area contributed by atoms with Crippen molar-refractivity contribution in [2.75, 3.05) is 57.3 Å². The van der Waals surface area contributed by atoms with Crippen LogP contribution in [0, 0.1) is 0 Å². The molecule has 0 amide bonds. The number of nitrogens with zero attached hydrogens (tertiary/aromatic N) is 4. The number of aromatic nitrogens is 2. The quantitative estimate of drug-likeness (QED) is 0.465. The maximum Gasteiger partial charge on any atom is 0.162 e. The fourth-order valence-corrected chi connectivity index (χ4v) is 5.45. The first-order valence-electron chi connectivity index (χ1n) is 11.7. The third-order valence-corrected chi connectivity index (χ3v) is 7.22. The van der Waals surface area contributed by atoms with Gasteiger partial charge in [-0.3, -0.25) is 0 Å². The molecule has 8 heteroatoms. The summed E-state index contributed by atoms with van der Waals surface area (Å²) in [7, 11) is 5.02. The summed E-state index contributed by atoms with van der Waals surface area (Å²) in [6.45, 7) is 5.51. The molecular weight excluding hydrogens is 452 g/mol. The number of fused-ring (bicyclic) bond motifs is 1. The maximum absolute atomic E-state index is 6.52. The zero-order chi connectivity index (χ0) is 23.9. The third-order valence-electron chi connectivity index (χ3n) is 6.91. The average molecular weight is 483 g/mol. The molecule has 0 bridgehead atoms. The van der Waals surface area contributed by atoms with Gasteiger partial charge >= 0.3 is 0 Å². The van der Waals surface area contributed by atoms with Crippen molar-refractivity contribution in [2.45, 2.75) is 30.6 Å². The lowest BCUT2D eigenvalue weighted by Gasteiger charge is -2.40. The van der Waals surface area contributed by atoms with E-state index in [0.29, 0.717) is 11.5 Å². The van der Waals surface area contributed by atoms with Gasteiger partial charge in [0.2, 0.25) is 0 Å². The topological polar surface area (TPSA) is 60.0 Å². The average Bonchev–Trinajstić information content (AvgIpc) is 2.85. The molecule has 5 rings (SSSR count). The number of rotatable bonds is 6. The van der Waals surface area contributed by atoms with Gasteiger partial charge in [-0.15, -0.1) is 11.6 Å². The second kappa shape index (κ2) is 9.02. The molecule has 1 saturated heterocycles. The Bertz CT molecular complexity index is 1190. The molecule has 0 unspecified atom stereocenters. The molecule has 7 nitrogen and oxygen atoms in total. The number of hydrogen-bond acceptors (Lipinski definition) is 7. The van der Waals surface area contributed by atoms with E-state index < -0.39 is 0 Å². The van der Waals surface area contributed by atoms with Crippen LogP contribution >= 0.6 is 11.6 Å². The van der Waals surface area contributed by atoms with E-state index in [4.69, 9.17) is 35.8 Å². The molecule has 1 aliphatic heterocycles. The van der Waals surface area contributed by atoms with E-state index in [9.17, 15) is 0 Å². The standard InChI is InChI=1S/C26H31ClN4O3/c1-26(27)15-17(16-26)24-28-19-14-23(34-4)22(33-3)13-18(19)25(29-24)31-11-9-30(10-12-31)20-7-5-6-8-21(20)32-2/h5-8,13-14,17H,9-12,15-16H2,1-4H3/t17-,26+. The summed E-state index contributed by atoms with van der Waals surface area (Å²) in [6.07, 6.45) is 1.77. The van der Waals surface area contributed by atoms with E-state index in [1.807, 2.05) is 24.3 Å². The minimum atomic E-state index is -0.166. The predicted octanol–water partition coefficient (Wildman–Crippen LogP) is 4.86. The van der Waals surface area contributed by atoms with E-state index in [2.05, 4.69) is 28.9 Å². The van der Waals surface area contributed by atoms with Gasteiger partial charge in [0, 0.05) is 48.4 Å². The molecule has 2 aliphatic rings. The lowest BCUT2D eigenvalue weighted by molar-refractivity contribution is 0.309. The first kappa shape index (κ1) is 22.8. The van der Waals surface area contributed by atoms with Crippen LogP contribution in [0.4, 0.5) is 11.5 Å². The highest BCUT2D eigenvalue weighted by molar-refractivity contribution is 6.24. The smallest absolute Gasteiger partial charge is 0.162 e. The van der Waals surface area contributed by atoms with Crippen LogP contribution < -0.4 is 24.0 Å². The predicted molar refractivity (Wildman–Crippen MR) is 136 cm³/mol.